The number of piperidine rings is 1. The van der Waals surface area contributed by atoms with Gasteiger partial charge in [0.15, 0.2) is 17.5 Å². The molecule has 0 radical (unpaired) electrons. The summed E-state index contributed by atoms with van der Waals surface area (Å²) in [6.07, 6.45) is 1.51. The molecule has 0 spiro atoms. The lowest BCUT2D eigenvalue weighted by molar-refractivity contribution is 0.0114. The highest BCUT2D eigenvalue weighted by molar-refractivity contribution is 5.92. The van der Waals surface area contributed by atoms with E-state index in [-0.39, 0.29) is 22.8 Å². The average molecular weight is 381 g/mol. The van der Waals surface area contributed by atoms with Crippen LogP contribution in [0.1, 0.15) is 18.7 Å². The summed E-state index contributed by atoms with van der Waals surface area (Å²) in [6, 6.07) is 0.349. The fraction of sp³-hybridized carbons (Fsp3) is 0.556. The van der Waals surface area contributed by atoms with Crippen molar-refractivity contribution in [1.82, 2.24) is 14.9 Å². The van der Waals surface area contributed by atoms with Crippen molar-refractivity contribution in [2.75, 3.05) is 50.0 Å². The van der Waals surface area contributed by atoms with Crippen LogP contribution in [0.2, 0.25) is 0 Å². The Bertz CT molecular complexity index is 864. The van der Waals surface area contributed by atoms with Crippen molar-refractivity contribution in [2.24, 2.45) is 0 Å². The molecule has 0 amide bonds. The molecule has 0 saturated carbocycles. The number of aromatic nitrogens is 2. The minimum Gasteiger partial charge on any atom is -0.383 e. The van der Waals surface area contributed by atoms with Crippen LogP contribution in [0.4, 0.5) is 24.7 Å². The first-order valence-electron chi connectivity index (χ1n) is 9.14. The number of rotatable bonds is 2. The lowest BCUT2D eigenvalue weighted by Gasteiger charge is -2.41. The van der Waals surface area contributed by atoms with Gasteiger partial charge in [0.05, 0.1) is 18.6 Å². The molecule has 0 unspecified atom stereocenters. The minimum atomic E-state index is -1.23. The van der Waals surface area contributed by atoms with E-state index in [4.69, 9.17) is 10.5 Å². The number of nitrogens with two attached hydrogens (primary N) is 1. The largest absolute Gasteiger partial charge is 0.383 e. The molecule has 3 heterocycles. The molecule has 2 aliphatic heterocycles. The molecular formula is C18H22F3N5O. The lowest BCUT2D eigenvalue weighted by Crippen LogP contribution is -2.49. The predicted molar refractivity (Wildman–Crippen MR) is 96.2 cm³/mol. The molecule has 2 saturated heterocycles. The van der Waals surface area contributed by atoms with E-state index in [9.17, 15) is 8.78 Å². The quantitative estimate of drug-likeness (QED) is 0.805. The van der Waals surface area contributed by atoms with E-state index in [0.717, 1.165) is 25.9 Å². The summed E-state index contributed by atoms with van der Waals surface area (Å²) in [6.45, 7) is 5.57. The Hall–Kier alpha value is -2.13. The van der Waals surface area contributed by atoms with Gasteiger partial charge in [-0.1, -0.05) is 0 Å². The van der Waals surface area contributed by atoms with Crippen LogP contribution >= 0.6 is 0 Å². The Balaban J connectivity index is 1.64. The number of anilines is 2. The summed E-state index contributed by atoms with van der Waals surface area (Å²) >= 11 is 0. The number of fused-ring (bicyclic) bond motifs is 1. The number of nitrogen functional groups attached to an aromatic ring is 1. The zero-order valence-electron chi connectivity index (χ0n) is 15.1. The fourth-order valence-corrected chi connectivity index (χ4v) is 4.07. The number of hydrogen-bond acceptors (Lipinski definition) is 6. The van der Waals surface area contributed by atoms with Gasteiger partial charge in [-0.25, -0.2) is 23.1 Å². The van der Waals surface area contributed by atoms with Crippen LogP contribution in [0, 0.1) is 24.4 Å². The molecule has 1 aromatic heterocycles. The van der Waals surface area contributed by atoms with E-state index in [0.29, 0.717) is 32.3 Å². The highest BCUT2D eigenvalue weighted by Crippen LogP contribution is 2.36. The number of halogens is 3. The normalized spacial score (nSPS) is 19.8. The molecule has 27 heavy (non-hydrogen) atoms. The molecule has 6 nitrogen and oxygen atoms in total. The van der Waals surface area contributed by atoms with Crippen molar-refractivity contribution in [1.29, 1.82) is 0 Å². The topological polar surface area (TPSA) is 67.5 Å². The summed E-state index contributed by atoms with van der Waals surface area (Å²) in [5, 5.41) is -0.400. The Kier molecular flexibility index (Phi) is 4.81. The van der Waals surface area contributed by atoms with Gasteiger partial charge in [-0.15, -0.1) is 0 Å². The molecule has 9 heteroatoms. The van der Waals surface area contributed by atoms with Gasteiger partial charge in [-0.05, 0) is 19.8 Å². The van der Waals surface area contributed by atoms with E-state index >= 15 is 4.39 Å². The molecule has 4 rings (SSSR count). The average Bonchev–Trinajstić information content (AvgIpc) is 2.67. The number of nitrogens with zero attached hydrogens (tertiary/aromatic N) is 4. The maximum Gasteiger partial charge on any atom is 0.186 e. The van der Waals surface area contributed by atoms with E-state index in [1.54, 1.807) is 4.90 Å². The van der Waals surface area contributed by atoms with Crippen LogP contribution in [0.3, 0.4) is 0 Å². The summed E-state index contributed by atoms with van der Waals surface area (Å²) < 4.78 is 49.8. The zero-order valence-corrected chi connectivity index (χ0v) is 15.1. The standard InChI is InChI=1S/C18H22F3N5O/c1-10-23-16-12(18(22)24-10)13(19)14(20)17(15(16)21)26-4-2-11(3-5-26)25-6-8-27-9-7-25/h11H,2-9H2,1H3,(H2,22,23,24). The first-order chi connectivity index (χ1) is 13.0. The highest BCUT2D eigenvalue weighted by atomic mass is 19.2. The van der Waals surface area contributed by atoms with Crippen molar-refractivity contribution in [3.8, 4) is 0 Å². The van der Waals surface area contributed by atoms with Gasteiger partial charge in [0.1, 0.15) is 22.8 Å². The molecule has 1 aromatic carbocycles. The van der Waals surface area contributed by atoms with E-state index in [1.165, 1.54) is 6.92 Å². The van der Waals surface area contributed by atoms with Gasteiger partial charge in [0, 0.05) is 32.2 Å². The summed E-state index contributed by atoms with van der Waals surface area (Å²) in [5.74, 6) is -3.36. The Morgan fingerprint density at radius 1 is 0.963 bits per heavy atom. The summed E-state index contributed by atoms with van der Waals surface area (Å²) in [7, 11) is 0. The van der Waals surface area contributed by atoms with Crippen LogP contribution in [0.5, 0.6) is 0 Å². The first kappa shape index (κ1) is 18.2. The Morgan fingerprint density at radius 2 is 1.63 bits per heavy atom. The maximum atomic E-state index is 15.1. The second kappa shape index (κ2) is 7.12. The Labute approximate surface area is 155 Å². The Morgan fingerprint density at radius 3 is 2.30 bits per heavy atom. The predicted octanol–water partition coefficient (Wildman–Crippen LogP) is 2.24. The monoisotopic (exact) mass is 381 g/mol. The molecule has 0 aliphatic carbocycles. The van der Waals surface area contributed by atoms with E-state index in [2.05, 4.69) is 14.9 Å². The number of ether oxygens (including phenoxy) is 1. The third-order valence-electron chi connectivity index (χ3n) is 5.43. The molecule has 2 aliphatic rings. The summed E-state index contributed by atoms with van der Waals surface area (Å²) in [5.41, 5.74) is 5.03. The zero-order chi connectivity index (χ0) is 19.1. The SMILES string of the molecule is Cc1nc(N)c2c(F)c(F)c(N3CCC(N4CCOCC4)CC3)c(F)c2n1. The van der Waals surface area contributed by atoms with Crippen molar-refractivity contribution < 1.29 is 17.9 Å². The van der Waals surface area contributed by atoms with Crippen LogP contribution < -0.4 is 10.6 Å². The highest BCUT2D eigenvalue weighted by Gasteiger charge is 2.31. The van der Waals surface area contributed by atoms with Crippen LogP contribution in [-0.2, 0) is 4.74 Å². The lowest BCUT2D eigenvalue weighted by atomic mass is 10.0. The van der Waals surface area contributed by atoms with Crippen molar-refractivity contribution in [3.05, 3.63) is 23.3 Å². The minimum absolute atomic E-state index is 0.210. The smallest absolute Gasteiger partial charge is 0.186 e. The van der Waals surface area contributed by atoms with Crippen LogP contribution in [0.15, 0.2) is 0 Å². The summed E-state index contributed by atoms with van der Waals surface area (Å²) in [4.78, 5) is 11.7. The second-order valence-corrected chi connectivity index (χ2v) is 7.04. The van der Waals surface area contributed by atoms with Gasteiger partial charge >= 0.3 is 0 Å². The van der Waals surface area contributed by atoms with Gasteiger partial charge in [0.2, 0.25) is 0 Å². The molecule has 2 fully saturated rings. The van der Waals surface area contributed by atoms with Crippen LogP contribution in [0.25, 0.3) is 10.9 Å². The molecule has 0 bridgehead atoms. The number of hydrogen-bond donors (Lipinski definition) is 1. The molecular weight excluding hydrogens is 359 g/mol. The van der Waals surface area contributed by atoms with Crippen molar-refractivity contribution >= 4 is 22.4 Å². The number of aryl methyl sites for hydroxylation is 1. The number of benzene rings is 1. The van der Waals surface area contributed by atoms with Gasteiger partial charge in [-0.3, -0.25) is 4.90 Å². The number of morpholine rings is 1. The van der Waals surface area contributed by atoms with Gasteiger partial charge in [0.25, 0.3) is 0 Å². The first-order valence-corrected chi connectivity index (χ1v) is 9.14. The van der Waals surface area contributed by atoms with Gasteiger partial charge < -0.3 is 15.4 Å². The molecule has 146 valence electrons. The van der Waals surface area contributed by atoms with Crippen molar-refractivity contribution in [2.45, 2.75) is 25.8 Å². The molecule has 0 atom stereocenters. The van der Waals surface area contributed by atoms with E-state index in [1.807, 2.05) is 0 Å². The van der Waals surface area contributed by atoms with Crippen molar-refractivity contribution in [3.63, 3.8) is 0 Å². The third kappa shape index (κ3) is 3.19. The van der Waals surface area contributed by atoms with Gasteiger partial charge in [-0.2, -0.15) is 0 Å². The maximum absolute atomic E-state index is 15.1. The third-order valence-corrected chi connectivity index (χ3v) is 5.43. The fourth-order valence-electron chi connectivity index (χ4n) is 4.07. The molecule has 2 aromatic rings. The molecule has 2 N–H and O–H groups in total. The van der Waals surface area contributed by atoms with Crippen LogP contribution in [-0.4, -0.2) is 60.3 Å². The van der Waals surface area contributed by atoms with E-state index < -0.39 is 22.8 Å². The second-order valence-electron chi connectivity index (χ2n) is 7.04.